The van der Waals surface area contributed by atoms with E-state index in [0.29, 0.717) is 11.7 Å². The lowest BCUT2D eigenvalue weighted by Crippen LogP contribution is -2.38. The van der Waals surface area contributed by atoms with Crippen molar-refractivity contribution in [3.63, 3.8) is 0 Å². The van der Waals surface area contributed by atoms with E-state index < -0.39 is 0 Å². The summed E-state index contributed by atoms with van der Waals surface area (Å²) >= 11 is 0. The van der Waals surface area contributed by atoms with Crippen LogP contribution in [-0.2, 0) is 6.42 Å². The summed E-state index contributed by atoms with van der Waals surface area (Å²) in [6.07, 6.45) is 4.47. The van der Waals surface area contributed by atoms with Crippen LogP contribution in [0.5, 0.6) is 0 Å². The Morgan fingerprint density at radius 3 is 2.52 bits per heavy atom. The predicted octanol–water partition coefficient (Wildman–Crippen LogP) is 3.78. The number of piperidine rings is 1. The second-order valence-electron chi connectivity index (χ2n) is 6.59. The molecule has 2 aromatic rings. The molecule has 0 spiro atoms. The van der Waals surface area contributed by atoms with Gasteiger partial charge in [-0.3, -0.25) is 4.79 Å². The van der Waals surface area contributed by atoms with E-state index in [9.17, 15) is 4.79 Å². The molecule has 2 heterocycles. The third kappa shape index (κ3) is 4.01. The first-order valence-electron chi connectivity index (χ1n) is 8.40. The minimum atomic E-state index is -0.0254. The van der Waals surface area contributed by atoms with E-state index in [1.807, 2.05) is 11.8 Å². The Labute approximate surface area is 137 Å². The van der Waals surface area contributed by atoms with Gasteiger partial charge < -0.3 is 9.42 Å². The van der Waals surface area contributed by atoms with Crippen LogP contribution in [0.15, 0.2) is 34.9 Å². The van der Waals surface area contributed by atoms with Crippen molar-refractivity contribution in [1.29, 1.82) is 0 Å². The monoisotopic (exact) mass is 312 g/mol. The lowest BCUT2D eigenvalue weighted by Gasteiger charge is -2.31. The Hall–Kier alpha value is -2.10. The Bertz CT molecular complexity index is 652. The number of aryl methyl sites for hydroxylation is 3. The van der Waals surface area contributed by atoms with Gasteiger partial charge >= 0.3 is 0 Å². The van der Waals surface area contributed by atoms with Crippen molar-refractivity contribution in [1.82, 2.24) is 10.1 Å². The standard InChI is InChI=1S/C19H24N2O2/c1-14-3-5-16(6-4-14)7-8-17-9-11-21(12-10-17)19(22)18-13-15(2)20-23-18/h3-6,13,17H,7-12H2,1-2H3. The van der Waals surface area contributed by atoms with Crippen molar-refractivity contribution in [2.75, 3.05) is 13.1 Å². The maximum atomic E-state index is 12.3. The van der Waals surface area contributed by atoms with Crippen LogP contribution in [-0.4, -0.2) is 29.1 Å². The van der Waals surface area contributed by atoms with Gasteiger partial charge in [-0.05, 0) is 51.0 Å². The van der Waals surface area contributed by atoms with Crippen LogP contribution in [0.3, 0.4) is 0 Å². The number of carbonyl (C=O) groups is 1. The summed E-state index contributed by atoms with van der Waals surface area (Å²) in [5.74, 6) is 1.04. The van der Waals surface area contributed by atoms with E-state index in [1.165, 1.54) is 17.5 Å². The fraction of sp³-hybridized carbons (Fsp3) is 0.474. The maximum absolute atomic E-state index is 12.3. The van der Waals surface area contributed by atoms with Gasteiger partial charge in [-0.1, -0.05) is 35.0 Å². The van der Waals surface area contributed by atoms with E-state index in [0.717, 1.165) is 38.0 Å². The topological polar surface area (TPSA) is 46.3 Å². The molecule has 1 amide bonds. The molecule has 4 heteroatoms. The minimum Gasteiger partial charge on any atom is -0.351 e. The van der Waals surface area contributed by atoms with Crippen molar-refractivity contribution < 1.29 is 9.32 Å². The molecule has 1 aliphatic heterocycles. The highest BCUT2D eigenvalue weighted by atomic mass is 16.5. The van der Waals surface area contributed by atoms with Gasteiger partial charge in [0.15, 0.2) is 0 Å². The van der Waals surface area contributed by atoms with Crippen LogP contribution in [0.4, 0.5) is 0 Å². The van der Waals surface area contributed by atoms with Gasteiger partial charge in [0.05, 0.1) is 5.69 Å². The normalized spacial score (nSPS) is 15.8. The summed E-state index contributed by atoms with van der Waals surface area (Å²) in [6, 6.07) is 10.5. The fourth-order valence-corrected chi connectivity index (χ4v) is 3.17. The molecule has 0 atom stereocenters. The summed E-state index contributed by atoms with van der Waals surface area (Å²) in [5.41, 5.74) is 3.47. The summed E-state index contributed by atoms with van der Waals surface area (Å²) in [7, 11) is 0. The Balaban J connectivity index is 1.46. The van der Waals surface area contributed by atoms with Crippen LogP contribution < -0.4 is 0 Å². The average Bonchev–Trinajstić information content (AvgIpc) is 3.01. The molecule has 0 saturated carbocycles. The molecule has 0 unspecified atom stereocenters. The molecule has 0 N–H and O–H groups in total. The molecule has 1 fully saturated rings. The average molecular weight is 312 g/mol. The van der Waals surface area contributed by atoms with Crippen LogP contribution in [0, 0.1) is 19.8 Å². The SMILES string of the molecule is Cc1ccc(CCC2CCN(C(=O)c3cc(C)no3)CC2)cc1. The predicted molar refractivity (Wildman–Crippen MR) is 89.4 cm³/mol. The van der Waals surface area contributed by atoms with Crippen molar-refractivity contribution in [2.45, 2.75) is 39.5 Å². The molecule has 122 valence electrons. The molecule has 23 heavy (non-hydrogen) atoms. The molecule has 1 aromatic heterocycles. The lowest BCUT2D eigenvalue weighted by molar-refractivity contribution is 0.0645. The van der Waals surface area contributed by atoms with Crippen molar-refractivity contribution in [3.8, 4) is 0 Å². The van der Waals surface area contributed by atoms with Crippen LogP contribution in [0.1, 0.15) is 46.6 Å². The van der Waals surface area contributed by atoms with Crippen molar-refractivity contribution >= 4 is 5.91 Å². The highest BCUT2D eigenvalue weighted by Gasteiger charge is 2.25. The lowest BCUT2D eigenvalue weighted by atomic mass is 9.90. The molecular weight excluding hydrogens is 288 g/mol. The van der Waals surface area contributed by atoms with Gasteiger partial charge in [0.2, 0.25) is 5.76 Å². The number of hydrogen-bond acceptors (Lipinski definition) is 3. The van der Waals surface area contributed by atoms with Crippen LogP contribution in [0.25, 0.3) is 0 Å². The zero-order valence-electron chi connectivity index (χ0n) is 13.9. The first kappa shape index (κ1) is 15.8. The van der Waals surface area contributed by atoms with E-state index in [2.05, 4.69) is 36.3 Å². The number of aromatic nitrogens is 1. The second-order valence-corrected chi connectivity index (χ2v) is 6.59. The van der Waals surface area contributed by atoms with Gasteiger partial charge in [0.1, 0.15) is 0 Å². The highest BCUT2D eigenvalue weighted by Crippen LogP contribution is 2.23. The van der Waals surface area contributed by atoms with Gasteiger partial charge in [-0.15, -0.1) is 0 Å². The molecule has 1 aliphatic rings. The highest BCUT2D eigenvalue weighted by molar-refractivity contribution is 5.91. The van der Waals surface area contributed by atoms with E-state index in [-0.39, 0.29) is 5.91 Å². The maximum Gasteiger partial charge on any atom is 0.292 e. The molecule has 0 radical (unpaired) electrons. The molecule has 1 aromatic carbocycles. The zero-order valence-corrected chi connectivity index (χ0v) is 13.9. The first-order chi connectivity index (χ1) is 11.1. The van der Waals surface area contributed by atoms with Gasteiger partial charge in [0, 0.05) is 19.2 Å². The number of nitrogens with zero attached hydrogens (tertiary/aromatic N) is 2. The quantitative estimate of drug-likeness (QED) is 0.863. The van der Waals surface area contributed by atoms with E-state index in [1.54, 1.807) is 6.07 Å². The summed E-state index contributed by atoms with van der Waals surface area (Å²) in [4.78, 5) is 14.2. The minimum absolute atomic E-state index is 0.0254. The summed E-state index contributed by atoms with van der Waals surface area (Å²) in [6.45, 7) is 5.58. The van der Waals surface area contributed by atoms with Crippen LogP contribution in [0.2, 0.25) is 0 Å². The number of hydrogen-bond donors (Lipinski definition) is 0. The number of carbonyl (C=O) groups excluding carboxylic acids is 1. The number of benzene rings is 1. The molecule has 1 saturated heterocycles. The molecule has 3 rings (SSSR count). The fourth-order valence-electron chi connectivity index (χ4n) is 3.17. The van der Waals surface area contributed by atoms with E-state index >= 15 is 0 Å². The third-order valence-corrected chi connectivity index (χ3v) is 4.70. The van der Waals surface area contributed by atoms with Gasteiger partial charge in [0.25, 0.3) is 5.91 Å². The second kappa shape index (κ2) is 6.99. The van der Waals surface area contributed by atoms with Crippen LogP contribution >= 0.6 is 0 Å². The number of rotatable bonds is 4. The van der Waals surface area contributed by atoms with Crippen molar-refractivity contribution in [2.24, 2.45) is 5.92 Å². The zero-order chi connectivity index (χ0) is 16.2. The molecular formula is C19H24N2O2. The molecule has 0 bridgehead atoms. The van der Waals surface area contributed by atoms with Gasteiger partial charge in [-0.2, -0.15) is 0 Å². The number of likely N-dealkylation sites (tertiary alicyclic amines) is 1. The molecule has 4 nitrogen and oxygen atoms in total. The Morgan fingerprint density at radius 2 is 1.91 bits per heavy atom. The Morgan fingerprint density at radius 1 is 1.22 bits per heavy atom. The van der Waals surface area contributed by atoms with E-state index in [4.69, 9.17) is 4.52 Å². The Kier molecular flexibility index (Phi) is 4.79. The van der Waals surface area contributed by atoms with Gasteiger partial charge in [-0.25, -0.2) is 0 Å². The van der Waals surface area contributed by atoms with Crippen molar-refractivity contribution in [3.05, 3.63) is 52.9 Å². The number of amides is 1. The largest absolute Gasteiger partial charge is 0.351 e. The summed E-state index contributed by atoms with van der Waals surface area (Å²) in [5, 5.41) is 3.79. The third-order valence-electron chi connectivity index (χ3n) is 4.70. The molecule has 0 aliphatic carbocycles. The summed E-state index contributed by atoms with van der Waals surface area (Å²) < 4.78 is 5.08. The first-order valence-corrected chi connectivity index (χ1v) is 8.40. The smallest absolute Gasteiger partial charge is 0.292 e.